The second-order valence-electron chi connectivity index (χ2n) is 6.87. The van der Waals surface area contributed by atoms with Gasteiger partial charge in [0.15, 0.2) is 11.5 Å². The van der Waals surface area contributed by atoms with Crippen LogP contribution in [0.5, 0.6) is 17.2 Å². The van der Waals surface area contributed by atoms with Crippen molar-refractivity contribution in [3.05, 3.63) is 53.6 Å². The Labute approximate surface area is 166 Å². The topological polar surface area (TPSA) is 60.0 Å². The predicted octanol–water partition coefficient (Wildman–Crippen LogP) is 3.17. The third-order valence-corrected chi connectivity index (χ3v) is 5.13. The summed E-state index contributed by atoms with van der Waals surface area (Å²) in [5.41, 5.74) is 2.17. The summed E-state index contributed by atoms with van der Waals surface area (Å²) in [5.74, 6) is 2.20. The van der Waals surface area contributed by atoms with Crippen LogP contribution in [0.15, 0.2) is 42.5 Å². The number of rotatable bonds is 8. The molecule has 0 spiro atoms. The van der Waals surface area contributed by atoms with Gasteiger partial charge in [-0.3, -0.25) is 9.69 Å². The molecule has 1 amide bonds. The number of methoxy groups -OCH3 is 3. The molecule has 6 heteroatoms. The van der Waals surface area contributed by atoms with Crippen LogP contribution in [0.3, 0.4) is 0 Å². The first-order valence-corrected chi connectivity index (χ1v) is 9.50. The van der Waals surface area contributed by atoms with Crippen LogP contribution in [-0.2, 0) is 11.3 Å². The number of hydrogen-bond donors (Lipinski definition) is 1. The molecule has 1 aliphatic rings. The maximum atomic E-state index is 12.5. The molecule has 0 aliphatic carbocycles. The van der Waals surface area contributed by atoms with Crippen LogP contribution in [0.2, 0.25) is 0 Å². The molecule has 2 aromatic rings. The second kappa shape index (κ2) is 9.46. The fraction of sp³-hybridized carbons (Fsp3) is 0.409. The van der Waals surface area contributed by atoms with Crippen LogP contribution < -0.4 is 19.5 Å². The average molecular weight is 384 g/mol. The molecule has 0 saturated carbocycles. The fourth-order valence-corrected chi connectivity index (χ4v) is 3.67. The van der Waals surface area contributed by atoms with Crippen molar-refractivity contribution in [1.82, 2.24) is 10.2 Å². The zero-order valence-corrected chi connectivity index (χ0v) is 16.7. The highest BCUT2D eigenvalue weighted by atomic mass is 16.5. The number of nitrogens with one attached hydrogen (secondary N) is 1. The van der Waals surface area contributed by atoms with Crippen molar-refractivity contribution in [2.75, 3.05) is 34.4 Å². The molecule has 0 bridgehead atoms. The minimum absolute atomic E-state index is 0.0181. The Kier molecular flexibility index (Phi) is 6.76. The van der Waals surface area contributed by atoms with Gasteiger partial charge in [-0.1, -0.05) is 18.2 Å². The van der Waals surface area contributed by atoms with Crippen molar-refractivity contribution in [2.45, 2.75) is 25.4 Å². The lowest BCUT2D eigenvalue weighted by Gasteiger charge is -2.24. The summed E-state index contributed by atoms with van der Waals surface area (Å²) in [6.07, 6.45) is 2.14. The Hall–Kier alpha value is -2.73. The molecule has 3 rings (SSSR count). The molecule has 0 aromatic heterocycles. The lowest BCUT2D eigenvalue weighted by Crippen LogP contribution is -2.36. The van der Waals surface area contributed by atoms with Gasteiger partial charge in [-0.25, -0.2) is 0 Å². The van der Waals surface area contributed by atoms with Crippen molar-refractivity contribution >= 4 is 5.91 Å². The fourth-order valence-electron chi connectivity index (χ4n) is 3.67. The molecule has 1 heterocycles. The summed E-state index contributed by atoms with van der Waals surface area (Å²) in [6, 6.07) is 14.0. The summed E-state index contributed by atoms with van der Waals surface area (Å²) in [4.78, 5) is 14.8. The van der Waals surface area contributed by atoms with Crippen LogP contribution in [0, 0.1) is 0 Å². The summed E-state index contributed by atoms with van der Waals surface area (Å²) in [7, 11) is 4.88. The molecule has 1 fully saturated rings. The average Bonchev–Trinajstić information content (AvgIpc) is 3.20. The maximum Gasteiger partial charge on any atom is 0.234 e. The highest BCUT2D eigenvalue weighted by Crippen LogP contribution is 2.33. The van der Waals surface area contributed by atoms with Crippen molar-refractivity contribution < 1.29 is 19.0 Å². The molecule has 28 heavy (non-hydrogen) atoms. The van der Waals surface area contributed by atoms with Crippen LogP contribution in [0.4, 0.5) is 0 Å². The number of ether oxygens (including phenoxy) is 3. The van der Waals surface area contributed by atoms with E-state index in [2.05, 4.69) is 22.3 Å². The highest BCUT2D eigenvalue weighted by Gasteiger charge is 2.27. The van der Waals surface area contributed by atoms with E-state index >= 15 is 0 Å². The summed E-state index contributed by atoms with van der Waals surface area (Å²) >= 11 is 0. The third kappa shape index (κ3) is 4.75. The first kappa shape index (κ1) is 20.0. The lowest BCUT2D eigenvalue weighted by atomic mass is 10.0. The van der Waals surface area contributed by atoms with E-state index < -0.39 is 0 Å². The molecule has 0 radical (unpaired) electrons. The van der Waals surface area contributed by atoms with Gasteiger partial charge in [-0.2, -0.15) is 0 Å². The molecule has 6 nitrogen and oxygen atoms in total. The van der Waals surface area contributed by atoms with Gasteiger partial charge in [0, 0.05) is 12.6 Å². The number of carbonyl (C=O) groups is 1. The monoisotopic (exact) mass is 384 g/mol. The van der Waals surface area contributed by atoms with Crippen molar-refractivity contribution in [1.29, 1.82) is 0 Å². The van der Waals surface area contributed by atoms with Gasteiger partial charge >= 0.3 is 0 Å². The van der Waals surface area contributed by atoms with Gasteiger partial charge in [0.05, 0.1) is 27.9 Å². The Bertz CT molecular complexity index is 809. The van der Waals surface area contributed by atoms with Gasteiger partial charge in [0.1, 0.15) is 5.75 Å². The number of amides is 1. The standard InChI is InChI=1S/C22H28N2O4/c1-26-18-7-4-6-17(13-18)19-8-5-11-24(19)15-22(25)23-14-16-9-10-20(27-2)21(12-16)28-3/h4,6-7,9-10,12-13,19H,5,8,11,14-15H2,1-3H3,(H,23,25). The van der Waals surface area contributed by atoms with Crippen molar-refractivity contribution in [3.63, 3.8) is 0 Å². The normalized spacial score (nSPS) is 16.6. The van der Waals surface area contributed by atoms with Crippen LogP contribution >= 0.6 is 0 Å². The number of nitrogens with zero attached hydrogens (tertiary/aromatic N) is 1. The van der Waals surface area contributed by atoms with Gasteiger partial charge in [0.2, 0.25) is 5.91 Å². The first-order valence-electron chi connectivity index (χ1n) is 9.50. The zero-order valence-electron chi connectivity index (χ0n) is 16.7. The van der Waals surface area contributed by atoms with E-state index in [0.29, 0.717) is 24.6 Å². The Morgan fingerprint density at radius 2 is 1.89 bits per heavy atom. The van der Waals surface area contributed by atoms with Crippen LogP contribution in [0.25, 0.3) is 0 Å². The number of likely N-dealkylation sites (tertiary alicyclic amines) is 1. The lowest BCUT2D eigenvalue weighted by molar-refractivity contribution is -0.122. The van der Waals surface area contributed by atoms with Crippen molar-refractivity contribution in [2.24, 2.45) is 0 Å². The van der Waals surface area contributed by atoms with Crippen LogP contribution in [0.1, 0.15) is 30.0 Å². The summed E-state index contributed by atoms with van der Waals surface area (Å²) in [6.45, 7) is 1.76. The number of benzene rings is 2. The molecule has 2 aromatic carbocycles. The number of carbonyl (C=O) groups excluding carboxylic acids is 1. The smallest absolute Gasteiger partial charge is 0.234 e. The summed E-state index contributed by atoms with van der Waals surface area (Å²) < 4.78 is 15.9. The Morgan fingerprint density at radius 3 is 2.64 bits per heavy atom. The quantitative estimate of drug-likeness (QED) is 0.758. The van der Waals surface area contributed by atoms with Gasteiger partial charge < -0.3 is 19.5 Å². The Balaban J connectivity index is 1.58. The van der Waals surface area contributed by atoms with E-state index in [4.69, 9.17) is 14.2 Å². The van der Waals surface area contributed by atoms with Gasteiger partial charge in [-0.05, 0) is 54.8 Å². The predicted molar refractivity (Wildman–Crippen MR) is 108 cm³/mol. The first-order chi connectivity index (χ1) is 13.6. The largest absolute Gasteiger partial charge is 0.497 e. The molecule has 150 valence electrons. The molecule has 1 N–H and O–H groups in total. The summed E-state index contributed by atoms with van der Waals surface area (Å²) in [5, 5.41) is 3.01. The van der Waals surface area contributed by atoms with E-state index in [-0.39, 0.29) is 11.9 Å². The zero-order chi connectivity index (χ0) is 19.9. The van der Waals surface area contributed by atoms with E-state index in [1.165, 1.54) is 5.56 Å². The second-order valence-corrected chi connectivity index (χ2v) is 6.87. The van der Waals surface area contributed by atoms with Crippen LogP contribution in [-0.4, -0.2) is 45.2 Å². The van der Waals surface area contributed by atoms with E-state index in [1.54, 1.807) is 21.3 Å². The molecule has 1 atom stereocenters. The van der Waals surface area contributed by atoms with Gasteiger partial charge in [-0.15, -0.1) is 0 Å². The SMILES string of the molecule is COc1cccc(C2CCCN2CC(=O)NCc2ccc(OC)c(OC)c2)c1. The minimum Gasteiger partial charge on any atom is -0.497 e. The van der Waals surface area contributed by atoms with Gasteiger partial charge in [0.25, 0.3) is 0 Å². The third-order valence-electron chi connectivity index (χ3n) is 5.13. The van der Waals surface area contributed by atoms with E-state index in [9.17, 15) is 4.79 Å². The van der Waals surface area contributed by atoms with E-state index in [1.807, 2.05) is 30.3 Å². The minimum atomic E-state index is 0.0181. The molecular weight excluding hydrogens is 356 g/mol. The molecule has 1 saturated heterocycles. The maximum absolute atomic E-state index is 12.5. The van der Waals surface area contributed by atoms with E-state index in [0.717, 1.165) is 30.7 Å². The molecular formula is C22H28N2O4. The Morgan fingerprint density at radius 1 is 1.07 bits per heavy atom. The molecule has 1 aliphatic heterocycles. The van der Waals surface area contributed by atoms with Crippen molar-refractivity contribution in [3.8, 4) is 17.2 Å². The number of hydrogen-bond acceptors (Lipinski definition) is 5. The molecule has 1 unspecified atom stereocenters. The highest BCUT2D eigenvalue weighted by molar-refractivity contribution is 5.78.